The highest BCUT2D eigenvalue weighted by atomic mass is 19.1. The van der Waals surface area contributed by atoms with Gasteiger partial charge < -0.3 is 11.1 Å². The minimum Gasteiger partial charge on any atom is -0.383 e. The van der Waals surface area contributed by atoms with E-state index in [4.69, 9.17) is 5.73 Å². The summed E-state index contributed by atoms with van der Waals surface area (Å²) in [6.45, 7) is 0.480. The number of halogens is 2. The van der Waals surface area contributed by atoms with Crippen LogP contribution in [0.4, 0.5) is 20.4 Å². The minimum absolute atomic E-state index is 0.0254. The minimum atomic E-state index is -0.827. The van der Waals surface area contributed by atoms with Crippen LogP contribution < -0.4 is 11.1 Å². The van der Waals surface area contributed by atoms with Gasteiger partial charge in [0, 0.05) is 24.4 Å². The molecule has 0 aliphatic heterocycles. The summed E-state index contributed by atoms with van der Waals surface area (Å²) in [5.41, 5.74) is 7.44. The number of anilines is 2. The van der Waals surface area contributed by atoms with Gasteiger partial charge in [0.2, 0.25) is 0 Å². The Bertz CT molecular complexity index is 1210. The molecule has 150 valence electrons. The lowest BCUT2D eigenvalue weighted by molar-refractivity contribution is 0.103. The van der Waals surface area contributed by atoms with Crippen LogP contribution in [0.3, 0.4) is 0 Å². The molecule has 2 aromatic carbocycles. The molecule has 4 rings (SSSR count). The Labute approximate surface area is 171 Å². The third-order valence-corrected chi connectivity index (χ3v) is 4.52. The van der Waals surface area contributed by atoms with E-state index in [9.17, 15) is 13.6 Å². The second-order valence-electron chi connectivity index (χ2n) is 6.55. The van der Waals surface area contributed by atoms with E-state index in [-0.39, 0.29) is 22.9 Å². The summed E-state index contributed by atoms with van der Waals surface area (Å²) in [5.74, 6) is -1.19. The van der Waals surface area contributed by atoms with Crippen LogP contribution in [-0.4, -0.2) is 20.5 Å². The molecule has 0 fully saturated rings. The zero-order chi connectivity index (χ0) is 21.1. The van der Waals surface area contributed by atoms with Gasteiger partial charge in [0.1, 0.15) is 23.1 Å². The van der Waals surface area contributed by atoms with Gasteiger partial charge >= 0.3 is 0 Å². The standard InChI is InChI=1S/C22H17F2N5O/c23-16-7-8-19(18(24)11-16)29-22(25)17(13-28-29)21(30)15-5-3-4-14(10-15)12-27-20-6-1-2-9-26-20/h1-11,13H,12,25H2,(H,26,27). The average molecular weight is 405 g/mol. The Kier molecular flexibility index (Phi) is 5.21. The second kappa shape index (κ2) is 8.12. The number of carbonyl (C=O) groups excluding carboxylic acids is 1. The number of aromatic nitrogens is 3. The first kappa shape index (κ1) is 19.3. The zero-order valence-electron chi connectivity index (χ0n) is 15.7. The molecule has 0 amide bonds. The van der Waals surface area contributed by atoms with Crippen molar-refractivity contribution in [3.63, 3.8) is 0 Å². The van der Waals surface area contributed by atoms with Gasteiger partial charge in [-0.1, -0.05) is 24.3 Å². The number of carbonyl (C=O) groups is 1. The third kappa shape index (κ3) is 3.88. The molecule has 6 nitrogen and oxygen atoms in total. The van der Waals surface area contributed by atoms with E-state index in [0.717, 1.165) is 28.2 Å². The first-order valence-corrected chi connectivity index (χ1v) is 9.10. The number of nitrogens with one attached hydrogen (secondary N) is 1. The third-order valence-electron chi connectivity index (χ3n) is 4.52. The maximum Gasteiger partial charge on any atom is 0.198 e. The van der Waals surface area contributed by atoms with E-state index in [2.05, 4.69) is 15.4 Å². The maximum absolute atomic E-state index is 14.1. The number of nitrogen functional groups attached to an aromatic ring is 1. The quantitative estimate of drug-likeness (QED) is 0.474. The Balaban J connectivity index is 1.57. The fraction of sp³-hybridized carbons (Fsp3) is 0.0455. The molecule has 0 atom stereocenters. The average Bonchev–Trinajstić information content (AvgIpc) is 3.14. The number of rotatable bonds is 6. The largest absolute Gasteiger partial charge is 0.383 e. The molecule has 0 aliphatic rings. The fourth-order valence-electron chi connectivity index (χ4n) is 3.02. The summed E-state index contributed by atoms with van der Waals surface area (Å²) >= 11 is 0. The van der Waals surface area contributed by atoms with Gasteiger partial charge in [0.05, 0.1) is 11.8 Å². The molecule has 4 aromatic rings. The zero-order valence-corrected chi connectivity index (χ0v) is 15.7. The van der Waals surface area contributed by atoms with Gasteiger partial charge in [-0.3, -0.25) is 4.79 Å². The van der Waals surface area contributed by atoms with E-state index in [1.165, 1.54) is 12.3 Å². The predicted molar refractivity (Wildman–Crippen MR) is 109 cm³/mol. The SMILES string of the molecule is Nc1c(C(=O)c2cccc(CNc3ccccn3)c2)cnn1-c1ccc(F)cc1F. The van der Waals surface area contributed by atoms with Crippen LogP contribution in [0.1, 0.15) is 21.5 Å². The monoisotopic (exact) mass is 405 g/mol. The van der Waals surface area contributed by atoms with Gasteiger partial charge in [-0.2, -0.15) is 5.10 Å². The summed E-state index contributed by atoms with van der Waals surface area (Å²) < 4.78 is 28.3. The van der Waals surface area contributed by atoms with Crippen LogP contribution >= 0.6 is 0 Å². The molecule has 0 aliphatic carbocycles. The first-order valence-electron chi connectivity index (χ1n) is 9.10. The van der Waals surface area contributed by atoms with Crippen molar-refractivity contribution >= 4 is 17.4 Å². The number of ketones is 1. The molecule has 0 radical (unpaired) electrons. The van der Waals surface area contributed by atoms with Gasteiger partial charge in [0.15, 0.2) is 11.6 Å². The number of nitrogens with zero attached hydrogens (tertiary/aromatic N) is 3. The molecule has 3 N–H and O–H groups in total. The summed E-state index contributed by atoms with van der Waals surface area (Å²) in [5, 5.41) is 7.19. The van der Waals surface area contributed by atoms with Crippen LogP contribution in [0.5, 0.6) is 0 Å². The number of pyridine rings is 1. The summed E-state index contributed by atoms with van der Waals surface area (Å²) in [7, 11) is 0. The molecule has 0 unspecified atom stereocenters. The molecular formula is C22H17F2N5O. The Morgan fingerprint density at radius 3 is 2.70 bits per heavy atom. The summed E-state index contributed by atoms with van der Waals surface area (Å²) in [6, 6.07) is 15.7. The second-order valence-corrected chi connectivity index (χ2v) is 6.55. The van der Waals surface area contributed by atoms with Crippen LogP contribution in [0, 0.1) is 11.6 Å². The maximum atomic E-state index is 14.1. The van der Waals surface area contributed by atoms with Gasteiger partial charge in [-0.05, 0) is 35.9 Å². The van der Waals surface area contributed by atoms with Gasteiger partial charge in [-0.15, -0.1) is 0 Å². The van der Waals surface area contributed by atoms with Crippen LogP contribution in [-0.2, 0) is 6.54 Å². The number of benzene rings is 2. The smallest absolute Gasteiger partial charge is 0.198 e. The Morgan fingerprint density at radius 2 is 1.93 bits per heavy atom. The first-order chi connectivity index (χ1) is 14.5. The van der Waals surface area contributed by atoms with E-state index in [1.807, 2.05) is 24.3 Å². The van der Waals surface area contributed by atoms with Crippen molar-refractivity contribution in [1.82, 2.24) is 14.8 Å². The summed E-state index contributed by atoms with van der Waals surface area (Å²) in [6.07, 6.45) is 2.96. The lowest BCUT2D eigenvalue weighted by atomic mass is 10.0. The molecule has 0 saturated carbocycles. The highest BCUT2D eigenvalue weighted by Gasteiger charge is 2.19. The molecule has 0 spiro atoms. The van der Waals surface area contributed by atoms with Gasteiger partial charge in [-0.25, -0.2) is 18.4 Å². The predicted octanol–water partition coefficient (Wildman–Crippen LogP) is 3.97. The van der Waals surface area contributed by atoms with E-state index >= 15 is 0 Å². The summed E-state index contributed by atoms with van der Waals surface area (Å²) in [4.78, 5) is 17.2. The van der Waals surface area contributed by atoms with Crippen molar-refractivity contribution in [3.05, 3.63) is 101 Å². The van der Waals surface area contributed by atoms with Crippen molar-refractivity contribution in [1.29, 1.82) is 0 Å². The highest BCUT2D eigenvalue weighted by Crippen LogP contribution is 2.23. The van der Waals surface area contributed by atoms with Gasteiger partial charge in [0.25, 0.3) is 0 Å². The topological polar surface area (TPSA) is 85.8 Å². The molecule has 30 heavy (non-hydrogen) atoms. The van der Waals surface area contributed by atoms with Crippen molar-refractivity contribution in [2.75, 3.05) is 11.1 Å². The van der Waals surface area contributed by atoms with E-state index in [0.29, 0.717) is 12.1 Å². The Morgan fingerprint density at radius 1 is 1.07 bits per heavy atom. The van der Waals surface area contributed by atoms with E-state index in [1.54, 1.807) is 24.4 Å². The van der Waals surface area contributed by atoms with E-state index < -0.39 is 11.6 Å². The lowest BCUT2D eigenvalue weighted by Crippen LogP contribution is -2.09. The fourth-order valence-corrected chi connectivity index (χ4v) is 3.02. The van der Waals surface area contributed by atoms with Crippen LogP contribution in [0.2, 0.25) is 0 Å². The van der Waals surface area contributed by atoms with Crippen molar-refractivity contribution < 1.29 is 13.6 Å². The Hall–Kier alpha value is -4.07. The number of hydrogen-bond donors (Lipinski definition) is 2. The highest BCUT2D eigenvalue weighted by molar-refractivity contribution is 6.11. The molecule has 2 aromatic heterocycles. The lowest BCUT2D eigenvalue weighted by Gasteiger charge is -2.08. The van der Waals surface area contributed by atoms with Crippen LogP contribution in [0.25, 0.3) is 5.69 Å². The van der Waals surface area contributed by atoms with Crippen molar-refractivity contribution in [2.24, 2.45) is 0 Å². The number of hydrogen-bond acceptors (Lipinski definition) is 5. The molecule has 8 heteroatoms. The molecule has 0 saturated heterocycles. The number of nitrogens with two attached hydrogens (primary N) is 1. The molecule has 0 bridgehead atoms. The van der Waals surface area contributed by atoms with Crippen molar-refractivity contribution in [3.8, 4) is 5.69 Å². The molecular weight excluding hydrogens is 388 g/mol. The molecule has 2 heterocycles. The normalized spacial score (nSPS) is 10.7. The van der Waals surface area contributed by atoms with Crippen LogP contribution in [0.15, 0.2) is 73.1 Å². The van der Waals surface area contributed by atoms with Crippen molar-refractivity contribution in [2.45, 2.75) is 6.54 Å².